The van der Waals surface area contributed by atoms with Gasteiger partial charge >= 0.3 is 11.9 Å². The molecule has 0 spiro atoms. The second-order valence-electron chi connectivity index (χ2n) is 17.1. The Kier molecular flexibility index (Phi) is 10.1. The van der Waals surface area contributed by atoms with Gasteiger partial charge in [0.1, 0.15) is 18.2 Å². The average molecular weight is 766 g/mol. The summed E-state index contributed by atoms with van der Waals surface area (Å²) < 4.78 is 18.2. The number of benzene rings is 3. The summed E-state index contributed by atoms with van der Waals surface area (Å²) in [6.07, 6.45) is -6.01. The number of carbonyl (C=O) groups is 4. The number of aliphatic hydroxyl groups excluding tert-OH is 2. The molecule has 4 N–H and O–H groups in total. The smallest absolute Gasteiger partial charge is 0.350 e. The van der Waals surface area contributed by atoms with Crippen LogP contribution in [-0.4, -0.2) is 81.7 Å². The molecule has 3 fully saturated rings. The maximum Gasteiger partial charge on any atom is 0.350 e. The minimum Gasteiger partial charge on any atom is -0.455 e. The second kappa shape index (κ2) is 14.4. The molecule has 2 unspecified atom stereocenters. The fraction of sp³-hybridized carbons (Fsp3) is 0.467. The standard InChI is InChI=1S/C45H51NO10/c1-25-30(23-45(53)26(2)37-43(5)24-54-32(43)22-31(47)44(37,6)38(49)35(48)33(25)42(45,3)4)55-41(52)36(56-40(51)29-20-14-9-15-21-29)34(27-16-10-7-11-17-27)46-39(50)28-18-12-8-13-19-28/h7-21,26,30-32,34-37,47-48,53H,22-24H2,1-6H3,(H,46,50)/t26?,30-,31-,32+,34-,35+,36+,37?,43+,44+,45+/m0/s1. The van der Waals surface area contributed by atoms with Crippen molar-refractivity contribution in [3.8, 4) is 0 Å². The third kappa shape index (κ3) is 6.11. The molecule has 11 nitrogen and oxygen atoms in total. The van der Waals surface area contributed by atoms with E-state index < -0.39 is 87.8 Å². The summed E-state index contributed by atoms with van der Waals surface area (Å²) >= 11 is 0. The normalized spacial score (nSPS) is 34.3. The van der Waals surface area contributed by atoms with E-state index in [2.05, 4.69) is 5.32 Å². The van der Waals surface area contributed by atoms with Crippen molar-refractivity contribution in [2.24, 2.45) is 28.1 Å². The number of esters is 2. The summed E-state index contributed by atoms with van der Waals surface area (Å²) in [6.45, 7) is 11.1. The van der Waals surface area contributed by atoms with Gasteiger partial charge in [-0.15, -0.1) is 0 Å². The first-order chi connectivity index (χ1) is 26.5. The van der Waals surface area contributed by atoms with Gasteiger partial charge in [-0.2, -0.15) is 0 Å². The quantitative estimate of drug-likeness (QED) is 0.178. The van der Waals surface area contributed by atoms with E-state index in [1.54, 1.807) is 119 Å². The molecule has 11 heteroatoms. The number of fused-ring (bicyclic) bond motifs is 5. The third-order valence-electron chi connectivity index (χ3n) is 13.8. The van der Waals surface area contributed by atoms with E-state index in [0.717, 1.165) is 0 Å². The monoisotopic (exact) mass is 765 g/mol. The van der Waals surface area contributed by atoms with Crippen LogP contribution in [0.25, 0.3) is 0 Å². The van der Waals surface area contributed by atoms with Crippen LogP contribution in [0.2, 0.25) is 0 Å². The van der Waals surface area contributed by atoms with E-state index in [9.17, 15) is 34.5 Å². The first kappa shape index (κ1) is 39.6. The lowest BCUT2D eigenvalue weighted by Crippen LogP contribution is -2.75. The van der Waals surface area contributed by atoms with Gasteiger partial charge in [0, 0.05) is 29.2 Å². The lowest BCUT2D eigenvalue weighted by atomic mass is 9.40. The summed E-state index contributed by atoms with van der Waals surface area (Å²) in [6, 6.07) is 23.9. The highest BCUT2D eigenvalue weighted by Gasteiger charge is 2.73. The third-order valence-corrected chi connectivity index (χ3v) is 13.8. The van der Waals surface area contributed by atoms with Crippen molar-refractivity contribution in [1.82, 2.24) is 5.32 Å². The van der Waals surface area contributed by atoms with Gasteiger partial charge in [0.05, 0.1) is 35.4 Å². The van der Waals surface area contributed by atoms with Gasteiger partial charge < -0.3 is 34.8 Å². The van der Waals surface area contributed by atoms with Crippen LogP contribution < -0.4 is 5.32 Å². The fourth-order valence-electron chi connectivity index (χ4n) is 10.6. The molecule has 11 atom stereocenters. The Labute approximate surface area is 327 Å². The van der Waals surface area contributed by atoms with E-state index in [4.69, 9.17) is 14.2 Å². The number of ether oxygens (including phenoxy) is 3. The predicted octanol–water partition coefficient (Wildman–Crippen LogP) is 5.14. The highest BCUT2D eigenvalue weighted by atomic mass is 16.6. The molecule has 1 heterocycles. The molecule has 1 saturated heterocycles. The number of Topliss-reactive ketones (excluding diaryl/α,β-unsaturated/α-hetero) is 1. The number of amides is 1. The Morgan fingerprint density at radius 3 is 2.02 bits per heavy atom. The molecule has 296 valence electrons. The first-order valence-electron chi connectivity index (χ1n) is 19.3. The second-order valence-corrected chi connectivity index (χ2v) is 17.1. The SMILES string of the molecule is CC1=C2[C@@H](O)C(=O)[C@@]3(C)C(C(C)[C@](O)(C[C@@H]1OC(=O)[C@H](OC(=O)c1ccccc1)[C@@H](NC(=O)c1ccccc1)c1ccccc1)C2(C)C)[C@]1(C)CO[C@@H]1C[C@@H]3O. The van der Waals surface area contributed by atoms with Crippen molar-refractivity contribution in [3.05, 3.63) is 119 Å². The zero-order valence-corrected chi connectivity index (χ0v) is 32.6. The van der Waals surface area contributed by atoms with Crippen molar-refractivity contribution < 1.29 is 48.7 Å². The van der Waals surface area contributed by atoms with E-state index in [0.29, 0.717) is 23.3 Å². The Balaban J connectivity index is 1.31. The van der Waals surface area contributed by atoms with Crippen molar-refractivity contribution in [2.75, 3.05) is 6.61 Å². The van der Waals surface area contributed by atoms with E-state index in [1.807, 2.05) is 13.8 Å². The molecule has 3 aromatic rings. The van der Waals surface area contributed by atoms with Crippen LogP contribution in [0.15, 0.2) is 102 Å². The van der Waals surface area contributed by atoms with Crippen molar-refractivity contribution in [1.29, 1.82) is 0 Å². The number of nitrogens with one attached hydrogen (secondary N) is 1. The number of aliphatic hydroxyl groups is 3. The zero-order valence-electron chi connectivity index (χ0n) is 32.6. The number of ketones is 1. The van der Waals surface area contributed by atoms with Crippen LogP contribution >= 0.6 is 0 Å². The minimum absolute atomic E-state index is 0.126. The van der Waals surface area contributed by atoms with Crippen LogP contribution in [0.3, 0.4) is 0 Å². The number of hydrogen-bond donors (Lipinski definition) is 4. The molecular weight excluding hydrogens is 714 g/mol. The van der Waals surface area contributed by atoms with Crippen molar-refractivity contribution in [3.63, 3.8) is 0 Å². The van der Waals surface area contributed by atoms with Crippen molar-refractivity contribution >= 4 is 23.6 Å². The van der Waals surface area contributed by atoms with E-state index >= 15 is 0 Å². The van der Waals surface area contributed by atoms with Crippen LogP contribution in [0.5, 0.6) is 0 Å². The highest BCUT2D eigenvalue weighted by molar-refractivity contribution is 5.96. The molecule has 56 heavy (non-hydrogen) atoms. The van der Waals surface area contributed by atoms with Gasteiger partial charge in [-0.05, 0) is 66.7 Å². The first-order valence-corrected chi connectivity index (χ1v) is 19.3. The number of rotatable bonds is 8. The zero-order chi connectivity index (χ0) is 40.4. The van der Waals surface area contributed by atoms with Crippen LogP contribution in [-0.2, 0) is 23.8 Å². The maximum atomic E-state index is 14.8. The van der Waals surface area contributed by atoms with Gasteiger partial charge in [0.15, 0.2) is 5.78 Å². The Morgan fingerprint density at radius 2 is 1.45 bits per heavy atom. The topological polar surface area (TPSA) is 169 Å². The van der Waals surface area contributed by atoms with Crippen LogP contribution in [0, 0.1) is 28.1 Å². The highest BCUT2D eigenvalue weighted by Crippen LogP contribution is 2.66. The molecule has 1 amide bonds. The van der Waals surface area contributed by atoms with Crippen molar-refractivity contribution in [2.45, 2.75) is 96.5 Å². The summed E-state index contributed by atoms with van der Waals surface area (Å²) in [5.74, 6) is -4.21. The molecular formula is C45H51NO10. The molecule has 2 saturated carbocycles. The maximum absolute atomic E-state index is 14.8. The number of hydrogen-bond acceptors (Lipinski definition) is 10. The number of carbonyl (C=O) groups excluding carboxylic acids is 4. The van der Waals surface area contributed by atoms with Gasteiger partial charge in [-0.25, -0.2) is 9.59 Å². The Morgan fingerprint density at radius 1 is 0.875 bits per heavy atom. The largest absolute Gasteiger partial charge is 0.455 e. The summed E-state index contributed by atoms with van der Waals surface area (Å²) in [5, 5.41) is 39.7. The van der Waals surface area contributed by atoms with Crippen LogP contribution in [0.1, 0.15) is 86.7 Å². The van der Waals surface area contributed by atoms with Gasteiger partial charge in [-0.3, -0.25) is 9.59 Å². The van der Waals surface area contributed by atoms with E-state index in [-0.39, 0.29) is 30.1 Å². The Hall–Kier alpha value is -4.68. The summed E-state index contributed by atoms with van der Waals surface area (Å²) in [5.41, 5.74) is -3.37. The van der Waals surface area contributed by atoms with Gasteiger partial charge in [-0.1, -0.05) is 94.4 Å². The molecule has 2 bridgehead atoms. The average Bonchev–Trinajstić information content (AvgIpc) is 3.19. The molecule has 3 aromatic carbocycles. The van der Waals surface area contributed by atoms with Gasteiger partial charge in [0.2, 0.25) is 6.10 Å². The van der Waals surface area contributed by atoms with E-state index in [1.165, 1.54) is 0 Å². The molecule has 0 radical (unpaired) electrons. The predicted molar refractivity (Wildman–Crippen MR) is 205 cm³/mol. The summed E-state index contributed by atoms with van der Waals surface area (Å²) in [7, 11) is 0. The lowest BCUT2D eigenvalue weighted by Gasteiger charge is -2.68. The fourth-order valence-corrected chi connectivity index (χ4v) is 10.6. The minimum atomic E-state index is -1.73. The molecule has 7 rings (SSSR count). The molecule has 1 aliphatic heterocycles. The molecule has 4 aliphatic rings. The van der Waals surface area contributed by atoms with Gasteiger partial charge in [0.25, 0.3) is 5.91 Å². The molecule has 0 aromatic heterocycles. The summed E-state index contributed by atoms with van der Waals surface area (Å²) in [4.78, 5) is 56.8. The Bertz CT molecular complexity index is 2030. The van der Waals surface area contributed by atoms with Crippen LogP contribution in [0.4, 0.5) is 0 Å². The lowest BCUT2D eigenvalue weighted by molar-refractivity contribution is -0.302. The molecule has 3 aliphatic carbocycles.